The number of carbonyl (C=O) groups is 2. The lowest BCUT2D eigenvalue weighted by molar-refractivity contribution is -0.132. The number of carbonyl (C=O) groups excluding carboxylic acids is 2. The Hall–Kier alpha value is -3.52. The number of aliphatic hydroxyl groups is 1. The van der Waals surface area contributed by atoms with E-state index in [0.29, 0.717) is 33.6 Å². The average molecular weight is 478 g/mol. The maximum absolute atomic E-state index is 13.2. The maximum Gasteiger partial charge on any atom is 0.301 e. The van der Waals surface area contributed by atoms with Crippen molar-refractivity contribution in [3.8, 4) is 5.75 Å². The monoisotopic (exact) mass is 477 g/mol. The van der Waals surface area contributed by atoms with Crippen LogP contribution >= 0.6 is 11.3 Å². The van der Waals surface area contributed by atoms with Crippen molar-refractivity contribution in [2.75, 3.05) is 11.5 Å². The van der Waals surface area contributed by atoms with Gasteiger partial charge in [-0.25, -0.2) is 0 Å². The lowest BCUT2D eigenvalue weighted by Gasteiger charge is -2.23. The van der Waals surface area contributed by atoms with E-state index in [-0.39, 0.29) is 11.3 Å². The molecule has 0 bridgehead atoms. The Morgan fingerprint density at radius 2 is 1.85 bits per heavy atom. The quantitative estimate of drug-likeness (QED) is 0.203. The normalized spacial score (nSPS) is 17.4. The number of rotatable bonds is 8. The summed E-state index contributed by atoms with van der Waals surface area (Å²) in [5.74, 6) is -1.08. The minimum atomic E-state index is -0.854. The fourth-order valence-electron chi connectivity index (χ4n) is 3.91. The van der Waals surface area contributed by atoms with Crippen LogP contribution in [0.3, 0.4) is 0 Å². The van der Waals surface area contributed by atoms with E-state index in [2.05, 4.69) is 17.1 Å². The van der Waals surface area contributed by atoms with Gasteiger partial charge in [-0.2, -0.15) is 0 Å². The molecule has 4 rings (SSSR count). The molecule has 1 N–H and O–H groups in total. The van der Waals surface area contributed by atoms with Gasteiger partial charge in [0.1, 0.15) is 16.5 Å². The van der Waals surface area contributed by atoms with Crippen LogP contribution < -0.4 is 9.64 Å². The molecule has 2 heterocycles. The lowest BCUT2D eigenvalue weighted by Crippen LogP contribution is -2.29. The number of aryl methyl sites for hydroxylation is 2. The first-order chi connectivity index (χ1) is 16.4. The predicted octanol–water partition coefficient (Wildman–Crippen LogP) is 5.35. The van der Waals surface area contributed by atoms with Crippen molar-refractivity contribution in [3.05, 3.63) is 75.8 Å². The second-order valence-corrected chi connectivity index (χ2v) is 9.43. The molecule has 176 valence electrons. The second-order valence-electron chi connectivity index (χ2n) is 8.27. The smallest absolute Gasteiger partial charge is 0.301 e. The molecule has 1 amide bonds. The first-order valence-corrected chi connectivity index (χ1v) is 12.1. The van der Waals surface area contributed by atoms with E-state index in [0.717, 1.165) is 24.8 Å². The van der Waals surface area contributed by atoms with Crippen LogP contribution in [0.15, 0.2) is 54.1 Å². The SMILES string of the molecule is CCCCCOc1cccc(C2/C(=C(\O)c3ccc(C)cc3)C(=O)C(=O)N2c2nnc(C)s2)c1. The van der Waals surface area contributed by atoms with Gasteiger partial charge in [-0.1, -0.05) is 73.1 Å². The molecule has 1 aliphatic heterocycles. The van der Waals surface area contributed by atoms with Crippen LogP contribution in [-0.2, 0) is 9.59 Å². The molecule has 1 unspecified atom stereocenters. The first kappa shape index (κ1) is 23.6. The number of nitrogens with zero attached hydrogens (tertiary/aromatic N) is 3. The summed E-state index contributed by atoms with van der Waals surface area (Å²) in [6.45, 7) is 6.43. The molecule has 1 aromatic heterocycles. The summed E-state index contributed by atoms with van der Waals surface area (Å²) in [6.07, 6.45) is 3.11. The Morgan fingerprint density at radius 1 is 1.09 bits per heavy atom. The van der Waals surface area contributed by atoms with E-state index in [4.69, 9.17) is 4.74 Å². The molecule has 3 aromatic rings. The van der Waals surface area contributed by atoms with E-state index >= 15 is 0 Å². The zero-order valence-electron chi connectivity index (χ0n) is 19.4. The summed E-state index contributed by atoms with van der Waals surface area (Å²) in [5, 5.41) is 20.3. The Labute approximate surface area is 202 Å². The second kappa shape index (κ2) is 10.2. The Morgan fingerprint density at radius 3 is 2.53 bits per heavy atom. The summed E-state index contributed by atoms with van der Waals surface area (Å²) >= 11 is 1.22. The van der Waals surface area contributed by atoms with Gasteiger partial charge in [0, 0.05) is 5.56 Å². The van der Waals surface area contributed by atoms with E-state index in [1.165, 1.54) is 16.2 Å². The van der Waals surface area contributed by atoms with Crippen LogP contribution in [-0.4, -0.2) is 33.6 Å². The molecule has 7 nitrogen and oxygen atoms in total. The Balaban J connectivity index is 1.81. The number of benzene rings is 2. The number of hydrogen-bond donors (Lipinski definition) is 1. The minimum Gasteiger partial charge on any atom is -0.507 e. The van der Waals surface area contributed by atoms with Crippen molar-refractivity contribution in [2.45, 2.75) is 46.1 Å². The third kappa shape index (κ3) is 4.72. The van der Waals surface area contributed by atoms with Gasteiger partial charge in [0.15, 0.2) is 0 Å². The summed E-state index contributed by atoms with van der Waals surface area (Å²) in [6, 6.07) is 13.6. The predicted molar refractivity (Wildman–Crippen MR) is 132 cm³/mol. The van der Waals surface area contributed by atoms with Gasteiger partial charge in [0.25, 0.3) is 5.78 Å². The summed E-state index contributed by atoms with van der Waals surface area (Å²) in [5.41, 5.74) is 2.15. The third-order valence-electron chi connectivity index (χ3n) is 5.68. The van der Waals surface area contributed by atoms with Gasteiger partial charge in [-0.05, 0) is 38.0 Å². The summed E-state index contributed by atoms with van der Waals surface area (Å²) in [4.78, 5) is 27.7. The molecule has 1 aliphatic rings. The number of ketones is 1. The Kier molecular flexibility index (Phi) is 7.07. The highest BCUT2D eigenvalue weighted by Gasteiger charge is 2.48. The number of aromatic nitrogens is 2. The van der Waals surface area contributed by atoms with Crippen molar-refractivity contribution in [3.63, 3.8) is 0 Å². The van der Waals surface area contributed by atoms with E-state index < -0.39 is 17.7 Å². The number of unbranched alkanes of at least 4 members (excludes halogenated alkanes) is 2. The molecule has 0 radical (unpaired) electrons. The van der Waals surface area contributed by atoms with Crippen molar-refractivity contribution >= 4 is 33.9 Å². The van der Waals surface area contributed by atoms with E-state index in [1.807, 2.05) is 43.3 Å². The fourth-order valence-corrected chi connectivity index (χ4v) is 4.63. The van der Waals surface area contributed by atoms with Crippen molar-refractivity contribution < 1.29 is 19.4 Å². The Bertz CT molecular complexity index is 1230. The van der Waals surface area contributed by atoms with Crippen LogP contribution in [0, 0.1) is 13.8 Å². The van der Waals surface area contributed by atoms with Crippen LogP contribution in [0.4, 0.5) is 5.13 Å². The van der Waals surface area contributed by atoms with Crippen LogP contribution in [0.2, 0.25) is 0 Å². The molecular weight excluding hydrogens is 450 g/mol. The highest BCUT2D eigenvalue weighted by atomic mass is 32.1. The largest absolute Gasteiger partial charge is 0.507 e. The van der Waals surface area contributed by atoms with Crippen LogP contribution in [0.1, 0.15) is 53.9 Å². The zero-order valence-corrected chi connectivity index (χ0v) is 20.3. The molecule has 1 fully saturated rings. The van der Waals surface area contributed by atoms with Gasteiger partial charge in [0.05, 0.1) is 18.2 Å². The zero-order chi connectivity index (χ0) is 24.2. The summed E-state index contributed by atoms with van der Waals surface area (Å²) < 4.78 is 5.91. The number of hydrogen-bond acceptors (Lipinski definition) is 7. The third-order valence-corrected chi connectivity index (χ3v) is 6.52. The highest BCUT2D eigenvalue weighted by Crippen LogP contribution is 2.43. The number of aliphatic hydroxyl groups excluding tert-OH is 1. The van der Waals surface area contributed by atoms with Crippen LogP contribution in [0.25, 0.3) is 5.76 Å². The number of amides is 1. The molecule has 0 saturated carbocycles. The van der Waals surface area contributed by atoms with Crippen molar-refractivity contribution in [1.29, 1.82) is 0 Å². The topological polar surface area (TPSA) is 92.6 Å². The van der Waals surface area contributed by atoms with Gasteiger partial charge < -0.3 is 9.84 Å². The number of Topliss-reactive ketones (excluding diaryl/α,β-unsaturated/α-hetero) is 1. The van der Waals surface area contributed by atoms with E-state index in [1.54, 1.807) is 19.1 Å². The molecule has 34 heavy (non-hydrogen) atoms. The molecule has 1 atom stereocenters. The van der Waals surface area contributed by atoms with Gasteiger partial charge >= 0.3 is 5.91 Å². The van der Waals surface area contributed by atoms with Crippen molar-refractivity contribution in [1.82, 2.24) is 10.2 Å². The number of anilines is 1. The molecule has 1 saturated heterocycles. The molecule has 8 heteroatoms. The van der Waals surface area contributed by atoms with Gasteiger partial charge in [-0.3, -0.25) is 14.5 Å². The first-order valence-electron chi connectivity index (χ1n) is 11.3. The van der Waals surface area contributed by atoms with Crippen molar-refractivity contribution in [2.24, 2.45) is 0 Å². The molecule has 2 aromatic carbocycles. The maximum atomic E-state index is 13.2. The standard InChI is InChI=1S/C26H27N3O4S/c1-4-5-6-14-33-20-9-7-8-19(15-20)22-21(23(30)18-12-10-16(2)11-13-18)24(31)25(32)29(22)26-28-27-17(3)34-26/h7-13,15,22,30H,4-6,14H2,1-3H3/b23-21+. The molecule has 0 spiro atoms. The minimum absolute atomic E-state index is 0.0184. The average Bonchev–Trinajstić information content (AvgIpc) is 3.37. The van der Waals surface area contributed by atoms with Crippen LogP contribution in [0.5, 0.6) is 5.75 Å². The van der Waals surface area contributed by atoms with Gasteiger partial charge in [-0.15, -0.1) is 10.2 Å². The fraction of sp³-hybridized carbons (Fsp3) is 0.308. The summed E-state index contributed by atoms with van der Waals surface area (Å²) in [7, 11) is 0. The lowest BCUT2D eigenvalue weighted by atomic mass is 9.95. The number of ether oxygens (including phenoxy) is 1. The highest BCUT2D eigenvalue weighted by molar-refractivity contribution is 7.15. The van der Waals surface area contributed by atoms with E-state index in [9.17, 15) is 14.7 Å². The van der Waals surface area contributed by atoms with Gasteiger partial charge in [0.2, 0.25) is 5.13 Å². The molecule has 0 aliphatic carbocycles. The molecular formula is C26H27N3O4S.